The monoisotopic (exact) mass is 253 g/mol. The Morgan fingerprint density at radius 3 is 2.67 bits per heavy atom. The van der Waals surface area contributed by atoms with Crippen molar-refractivity contribution in [3.63, 3.8) is 0 Å². The average molecular weight is 253 g/mol. The second kappa shape index (κ2) is 6.04. The second-order valence-electron chi connectivity index (χ2n) is 4.41. The topological polar surface area (TPSA) is 71.0 Å². The third kappa shape index (κ3) is 3.13. The summed E-state index contributed by atoms with van der Waals surface area (Å²) < 4.78 is 10.8. The molecule has 2 unspecified atom stereocenters. The maximum Gasteiger partial charge on any atom is 0.124 e. The first-order valence-corrected chi connectivity index (χ1v) is 6.12. The van der Waals surface area contributed by atoms with Crippen molar-refractivity contribution in [2.75, 3.05) is 26.4 Å². The fraction of sp³-hybridized carbons (Fsp3) is 0.538. The van der Waals surface area contributed by atoms with E-state index in [2.05, 4.69) is 5.32 Å². The number of hydrogen-bond acceptors (Lipinski definition) is 5. The van der Waals surface area contributed by atoms with E-state index >= 15 is 0 Å². The zero-order valence-corrected chi connectivity index (χ0v) is 10.4. The summed E-state index contributed by atoms with van der Waals surface area (Å²) in [7, 11) is 0. The van der Waals surface area contributed by atoms with E-state index in [0.29, 0.717) is 31.9 Å². The van der Waals surface area contributed by atoms with Gasteiger partial charge in [0.2, 0.25) is 0 Å². The van der Waals surface area contributed by atoms with Crippen molar-refractivity contribution in [2.24, 2.45) is 0 Å². The van der Waals surface area contributed by atoms with Crippen LogP contribution < -0.4 is 5.32 Å². The number of rotatable bonds is 4. The van der Waals surface area contributed by atoms with Crippen LogP contribution in [-0.4, -0.2) is 42.7 Å². The summed E-state index contributed by atoms with van der Waals surface area (Å²) in [6.07, 6.45) is 0.0224. The Bertz CT molecular complexity index is 370. The summed E-state index contributed by atoms with van der Waals surface area (Å²) >= 11 is 0. The molecule has 5 heteroatoms. The van der Waals surface area contributed by atoms with Crippen LogP contribution >= 0.6 is 0 Å². The van der Waals surface area contributed by atoms with E-state index in [-0.39, 0.29) is 23.6 Å². The van der Waals surface area contributed by atoms with E-state index in [1.807, 2.05) is 6.92 Å². The summed E-state index contributed by atoms with van der Waals surface area (Å²) in [5.74, 6) is 0.187. The first kappa shape index (κ1) is 13.1. The Labute approximate surface area is 106 Å². The number of nitrogens with one attached hydrogen (secondary N) is 1. The molecule has 100 valence electrons. The third-order valence-electron chi connectivity index (χ3n) is 3.03. The van der Waals surface area contributed by atoms with Crippen LogP contribution in [0.4, 0.5) is 0 Å². The zero-order chi connectivity index (χ0) is 13.0. The zero-order valence-electron chi connectivity index (χ0n) is 10.4. The molecule has 2 rings (SSSR count). The van der Waals surface area contributed by atoms with Crippen molar-refractivity contribution in [1.29, 1.82) is 0 Å². The van der Waals surface area contributed by atoms with E-state index in [0.717, 1.165) is 0 Å². The minimum Gasteiger partial charge on any atom is -0.507 e. The van der Waals surface area contributed by atoms with Gasteiger partial charge in [-0.3, -0.25) is 0 Å². The van der Waals surface area contributed by atoms with E-state index < -0.39 is 0 Å². The molecule has 0 aliphatic carbocycles. The Balaban J connectivity index is 1.92. The van der Waals surface area contributed by atoms with Gasteiger partial charge < -0.3 is 25.0 Å². The van der Waals surface area contributed by atoms with E-state index in [4.69, 9.17) is 9.47 Å². The Hall–Kier alpha value is -1.30. The summed E-state index contributed by atoms with van der Waals surface area (Å²) in [5, 5.41) is 22.7. The molecule has 18 heavy (non-hydrogen) atoms. The van der Waals surface area contributed by atoms with E-state index in [9.17, 15) is 10.2 Å². The molecule has 0 bridgehead atoms. The normalized spacial score (nSPS) is 21.7. The first-order valence-electron chi connectivity index (χ1n) is 6.12. The van der Waals surface area contributed by atoms with Crippen LogP contribution in [0.15, 0.2) is 18.2 Å². The molecule has 3 N–H and O–H groups in total. The lowest BCUT2D eigenvalue weighted by Crippen LogP contribution is -2.38. The Kier molecular flexibility index (Phi) is 4.41. The number of phenols is 2. The number of aromatic hydroxyl groups is 2. The number of ether oxygens (including phenoxy) is 2. The smallest absolute Gasteiger partial charge is 0.124 e. The second-order valence-corrected chi connectivity index (χ2v) is 4.41. The van der Waals surface area contributed by atoms with Crippen LogP contribution in [0.3, 0.4) is 0 Å². The van der Waals surface area contributed by atoms with Gasteiger partial charge in [0.15, 0.2) is 0 Å². The summed E-state index contributed by atoms with van der Waals surface area (Å²) in [5.41, 5.74) is 0.509. The van der Waals surface area contributed by atoms with E-state index in [1.165, 1.54) is 0 Å². The average Bonchev–Trinajstić information content (AvgIpc) is 2.37. The molecule has 1 aromatic carbocycles. The predicted molar refractivity (Wildman–Crippen MR) is 66.7 cm³/mol. The van der Waals surface area contributed by atoms with Gasteiger partial charge in [0.05, 0.1) is 31.5 Å². The van der Waals surface area contributed by atoms with Crippen LogP contribution in [0.5, 0.6) is 11.5 Å². The van der Waals surface area contributed by atoms with E-state index in [1.54, 1.807) is 18.2 Å². The summed E-state index contributed by atoms with van der Waals surface area (Å²) in [6.45, 7) is 4.34. The van der Waals surface area contributed by atoms with Gasteiger partial charge in [-0.2, -0.15) is 0 Å². The van der Waals surface area contributed by atoms with Crippen LogP contribution in [0.1, 0.15) is 18.5 Å². The Morgan fingerprint density at radius 1 is 1.33 bits per heavy atom. The number of benzene rings is 1. The summed E-state index contributed by atoms with van der Waals surface area (Å²) in [4.78, 5) is 0. The molecule has 0 saturated carbocycles. The molecule has 1 aromatic rings. The molecule has 0 radical (unpaired) electrons. The SMILES string of the molecule is CC(NCC1COCCO1)c1c(O)cccc1O. The van der Waals surface area contributed by atoms with Crippen LogP contribution in [0.2, 0.25) is 0 Å². The molecule has 0 amide bonds. The largest absolute Gasteiger partial charge is 0.507 e. The van der Waals surface area contributed by atoms with Gasteiger partial charge >= 0.3 is 0 Å². The van der Waals surface area contributed by atoms with Crippen LogP contribution in [-0.2, 0) is 9.47 Å². The first-order chi connectivity index (χ1) is 8.68. The van der Waals surface area contributed by atoms with Gasteiger partial charge in [-0.1, -0.05) is 6.07 Å². The highest BCUT2D eigenvalue weighted by molar-refractivity contribution is 5.44. The molecular weight excluding hydrogens is 234 g/mol. The van der Waals surface area contributed by atoms with Crippen molar-refractivity contribution >= 4 is 0 Å². The van der Waals surface area contributed by atoms with Gasteiger partial charge in [0.25, 0.3) is 0 Å². The van der Waals surface area contributed by atoms with Gasteiger partial charge in [0, 0.05) is 12.6 Å². The maximum atomic E-state index is 9.74. The summed E-state index contributed by atoms with van der Waals surface area (Å²) in [6, 6.07) is 4.58. The maximum absolute atomic E-state index is 9.74. The molecule has 0 spiro atoms. The van der Waals surface area contributed by atoms with Crippen LogP contribution in [0, 0.1) is 0 Å². The molecule has 5 nitrogen and oxygen atoms in total. The molecule has 1 aliphatic rings. The van der Waals surface area contributed by atoms with Crippen molar-refractivity contribution in [2.45, 2.75) is 19.1 Å². The highest BCUT2D eigenvalue weighted by Crippen LogP contribution is 2.32. The fourth-order valence-corrected chi connectivity index (χ4v) is 2.05. The predicted octanol–water partition coefficient (Wildman–Crippen LogP) is 1.16. The fourth-order valence-electron chi connectivity index (χ4n) is 2.05. The number of hydrogen-bond donors (Lipinski definition) is 3. The minimum atomic E-state index is -0.156. The highest BCUT2D eigenvalue weighted by atomic mass is 16.6. The molecule has 1 heterocycles. The lowest BCUT2D eigenvalue weighted by Gasteiger charge is -2.25. The molecule has 1 aliphatic heterocycles. The quantitative estimate of drug-likeness (QED) is 0.751. The highest BCUT2D eigenvalue weighted by Gasteiger charge is 2.18. The van der Waals surface area contributed by atoms with Gasteiger partial charge in [0.1, 0.15) is 11.5 Å². The molecule has 2 atom stereocenters. The van der Waals surface area contributed by atoms with Crippen molar-refractivity contribution in [1.82, 2.24) is 5.32 Å². The van der Waals surface area contributed by atoms with Crippen molar-refractivity contribution in [3.8, 4) is 11.5 Å². The van der Waals surface area contributed by atoms with Crippen LogP contribution in [0.25, 0.3) is 0 Å². The lowest BCUT2D eigenvalue weighted by atomic mass is 10.1. The van der Waals surface area contributed by atoms with Gasteiger partial charge in [-0.15, -0.1) is 0 Å². The lowest BCUT2D eigenvalue weighted by molar-refractivity contribution is -0.0870. The van der Waals surface area contributed by atoms with Gasteiger partial charge in [-0.05, 0) is 19.1 Å². The van der Waals surface area contributed by atoms with Crippen molar-refractivity contribution in [3.05, 3.63) is 23.8 Å². The molecular formula is C13H19NO4. The van der Waals surface area contributed by atoms with Gasteiger partial charge in [-0.25, -0.2) is 0 Å². The molecule has 1 fully saturated rings. The Morgan fingerprint density at radius 2 is 2.06 bits per heavy atom. The third-order valence-corrected chi connectivity index (χ3v) is 3.03. The molecule has 0 aromatic heterocycles. The standard InChI is InChI=1S/C13H19NO4/c1-9(13-11(15)3-2-4-12(13)16)14-7-10-8-17-5-6-18-10/h2-4,9-10,14-16H,5-8H2,1H3. The minimum absolute atomic E-state index is 0.0224. The number of phenolic OH excluding ortho intramolecular Hbond substituents is 2. The van der Waals surface area contributed by atoms with Crippen molar-refractivity contribution < 1.29 is 19.7 Å². The molecule has 1 saturated heterocycles.